The van der Waals surface area contributed by atoms with Gasteiger partial charge in [0.25, 0.3) is 0 Å². The molecule has 0 bridgehead atoms. The lowest BCUT2D eigenvalue weighted by Crippen LogP contribution is -2.51. The lowest BCUT2D eigenvalue weighted by Gasteiger charge is -2.26. The van der Waals surface area contributed by atoms with E-state index < -0.39 is 12.1 Å². The molecule has 1 saturated heterocycles. The third-order valence-corrected chi connectivity index (χ3v) is 5.12. The minimum Gasteiger partial charge on any atom is -0.350 e. The van der Waals surface area contributed by atoms with Gasteiger partial charge in [-0.25, -0.2) is 0 Å². The van der Waals surface area contributed by atoms with Crippen LogP contribution in [0.15, 0.2) is 48.8 Å². The number of aromatic nitrogens is 1. The monoisotopic (exact) mass is 386 g/mol. The van der Waals surface area contributed by atoms with Crippen LogP contribution < -0.4 is 11.1 Å². The second kappa shape index (κ2) is 8.97. The van der Waals surface area contributed by atoms with Crippen molar-refractivity contribution in [1.82, 2.24) is 15.2 Å². The number of amides is 2. The lowest BCUT2D eigenvalue weighted by atomic mass is 10.1. The van der Waals surface area contributed by atoms with Crippen molar-refractivity contribution in [3.8, 4) is 0 Å². The number of nitrogens with zero attached hydrogens (tertiary/aromatic N) is 2. The maximum absolute atomic E-state index is 12.8. The van der Waals surface area contributed by atoms with Gasteiger partial charge in [0.05, 0.1) is 6.04 Å². The molecule has 0 saturated carbocycles. The van der Waals surface area contributed by atoms with E-state index in [1.54, 1.807) is 23.4 Å². The maximum Gasteiger partial charge on any atom is 0.243 e. The second-order valence-corrected chi connectivity index (χ2v) is 7.08. The van der Waals surface area contributed by atoms with E-state index in [-0.39, 0.29) is 18.4 Å². The normalized spacial score (nSPS) is 17.6. The SMILES string of the molecule is N[C@H](Cc1ccccc1)C(=O)N1CCC[C@H]1C(=O)NCc1cnccc1Cl. The lowest BCUT2D eigenvalue weighted by molar-refractivity contribution is -0.139. The van der Waals surface area contributed by atoms with E-state index >= 15 is 0 Å². The molecule has 27 heavy (non-hydrogen) atoms. The van der Waals surface area contributed by atoms with Gasteiger partial charge in [0.15, 0.2) is 0 Å². The summed E-state index contributed by atoms with van der Waals surface area (Å²) in [7, 11) is 0. The molecule has 3 rings (SSSR count). The van der Waals surface area contributed by atoms with Crippen LogP contribution in [0.25, 0.3) is 0 Å². The van der Waals surface area contributed by atoms with Crippen LogP contribution >= 0.6 is 11.6 Å². The summed E-state index contributed by atoms with van der Waals surface area (Å²) < 4.78 is 0. The van der Waals surface area contributed by atoms with Gasteiger partial charge in [-0.2, -0.15) is 0 Å². The Morgan fingerprint density at radius 1 is 1.30 bits per heavy atom. The second-order valence-electron chi connectivity index (χ2n) is 6.67. The highest BCUT2D eigenvalue weighted by Gasteiger charge is 2.36. The summed E-state index contributed by atoms with van der Waals surface area (Å²) in [6, 6.07) is 10.2. The van der Waals surface area contributed by atoms with Crippen LogP contribution in [0.5, 0.6) is 0 Å². The molecule has 2 heterocycles. The van der Waals surface area contributed by atoms with E-state index in [9.17, 15) is 9.59 Å². The molecule has 7 heteroatoms. The molecule has 6 nitrogen and oxygen atoms in total. The summed E-state index contributed by atoms with van der Waals surface area (Å²) in [4.78, 5) is 31.0. The van der Waals surface area contributed by atoms with Crippen molar-refractivity contribution in [2.75, 3.05) is 6.54 Å². The summed E-state index contributed by atoms with van der Waals surface area (Å²) in [5.41, 5.74) is 7.87. The van der Waals surface area contributed by atoms with Gasteiger partial charge in [-0.1, -0.05) is 41.9 Å². The Labute approximate surface area is 163 Å². The predicted molar refractivity (Wildman–Crippen MR) is 104 cm³/mol. The molecule has 0 unspecified atom stereocenters. The number of hydrogen-bond donors (Lipinski definition) is 2. The van der Waals surface area contributed by atoms with Crippen LogP contribution in [0.3, 0.4) is 0 Å². The van der Waals surface area contributed by atoms with Gasteiger partial charge in [-0.05, 0) is 30.9 Å². The highest BCUT2D eigenvalue weighted by atomic mass is 35.5. The molecule has 2 atom stereocenters. The highest BCUT2D eigenvalue weighted by molar-refractivity contribution is 6.31. The molecule has 1 aromatic carbocycles. The van der Waals surface area contributed by atoms with Crippen molar-refractivity contribution in [2.45, 2.75) is 37.9 Å². The molecule has 0 aliphatic carbocycles. The fourth-order valence-corrected chi connectivity index (χ4v) is 3.48. The molecule has 0 spiro atoms. The molecule has 142 valence electrons. The molecule has 3 N–H and O–H groups in total. The number of nitrogens with one attached hydrogen (secondary N) is 1. The van der Waals surface area contributed by atoms with E-state index in [1.165, 1.54) is 0 Å². The fourth-order valence-electron chi connectivity index (χ4n) is 3.31. The first-order valence-corrected chi connectivity index (χ1v) is 9.40. The van der Waals surface area contributed by atoms with E-state index in [0.29, 0.717) is 24.4 Å². The molecule has 2 aromatic rings. The molecule has 1 aromatic heterocycles. The number of rotatable bonds is 6. The van der Waals surface area contributed by atoms with Gasteiger partial charge in [-0.15, -0.1) is 0 Å². The van der Waals surface area contributed by atoms with Crippen molar-refractivity contribution in [2.24, 2.45) is 5.73 Å². The molecule has 1 aliphatic rings. The van der Waals surface area contributed by atoms with Crippen LogP contribution in [0.4, 0.5) is 0 Å². The number of halogens is 1. The third kappa shape index (κ3) is 4.84. The third-order valence-electron chi connectivity index (χ3n) is 4.75. The Kier molecular flexibility index (Phi) is 6.42. The first-order valence-electron chi connectivity index (χ1n) is 9.02. The summed E-state index contributed by atoms with van der Waals surface area (Å²) >= 11 is 6.09. The van der Waals surface area contributed by atoms with E-state index in [1.807, 2.05) is 30.3 Å². The first kappa shape index (κ1) is 19.3. The van der Waals surface area contributed by atoms with Crippen molar-refractivity contribution in [3.63, 3.8) is 0 Å². The number of benzene rings is 1. The zero-order valence-corrected chi connectivity index (χ0v) is 15.7. The van der Waals surface area contributed by atoms with Crippen molar-refractivity contribution in [3.05, 3.63) is 64.9 Å². The Morgan fingerprint density at radius 3 is 2.81 bits per heavy atom. The minimum absolute atomic E-state index is 0.184. The van der Waals surface area contributed by atoms with Crippen molar-refractivity contribution in [1.29, 1.82) is 0 Å². The van der Waals surface area contributed by atoms with Gasteiger partial charge >= 0.3 is 0 Å². The van der Waals surface area contributed by atoms with Gasteiger partial charge < -0.3 is 16.0 Å². The standard InChI is InChI=1S/C20H23ClN4O2/c21-16-8-9-23-12-15(16)13-24-19(26)18-7-4-10-25(18)20(27)17(22)11-14-5-2-1-3-6-14/h1-3,5-6,8-9,12,17-18H,4,7,10-11,13,22H2,(H,24,26)/t17-,18+/m1/s1. The Balaban J connectivity index is 1.59. The van der Waals surface area contributed by atoms with Crippen molar-refractivity contribution < 1.29 is 9.59 Å². The predicted octanol–water partition coefficient (Wildman–Crippen LogP) is 1.91. The van der Waals surface area contributed by atoms with Crippen LogP contribution in [-0.2, 0) is 22.6 Å². The van der Waals surface area contributed by atoms with Gasteiger partial charge in [-0.3, -0.25) is 14.6 Å². The van der Waals surface area contributed by atoms with Crippen LogP contribution in [0, 0.1) is 0 Å². The number of carbonyl (C=O) groups excluding carboxylic acids is 2. The zero-order chi connectivity index (χ0) is 19.2. The number of nitrogens with two attached hydrogens (primary N) is 1. The number of hydrogen-bond acceptors (Lipinski definition) is 4. The zero-order valence-electron chi connectivity index (χ0n) is 15.0. The van der Waals surface area contributed by atoms with Crippen LogP contribution in [-0.4, -0.2) is 40.3 Å². The molecule has 0 radical (unpaired) electrons. The topological polar surface area (TPSA) is 88.3 Å². The Morgan fingerprint density at radius 2 is 2.07 bits per heavy atom. The largest absolute Gasteiger partial charge is 0.350 e. The summed E-state index contributed by atoms with van der Waals surface area (Å²) in [5.74, 6) is -0.372. The van der Waals surface area contributed by atoms with Gasteiger partial charge in [0.1, 0.15) is 6.04 Å². The molecular formula is C20H23ClN4O2. The van der Waals surface area contributed by atoms with Crippen molar-refractivity contribution >= 4 is 23.4 Å². The molecule has 2 amide bonds. The molecular weight excluding hydrogens is 364 g/mol. The molecule has 1 aliphatic heterocycles. The summed E-state index contributed by atoms with van der Waals surface area (Å²) in [5, 5.41) is 3.41. The Bertz CT molecular complexity index is 800. The number of pyridine rings is 1. The quantitative estimate of drug-likeness (QED) is 0.793. The van der Waals surface area contributed by atoms with E-state index in [0.717, 1.165) is 17.5 Å². The molecule has 1 fully saturated rings. The van der Waals surface area contributed by atoms with Gasteiger partial charge in [0.2, 0.25) is 11.8 Å². The minimum atomic E-state index is -0.659. The summed E-state index contributed by atoms with van der Waals surface area (Å²) in [6.45, 7) is 0.827. The van der Waals surface area contributed by atoms with Gasteiger partial charge in [0, 0.05) is 36.1 Å². The summed E-state index contributed by atoms with van der Waals surface area (Å²) in [6.07, 6.45) is 5.09. The maximum atomic E-state index is 12.8. The average molecular weight is 387 g/mol. The first-order chi connectivity index (χ1) is 13.1. The Hall–Kier alpha value is -2.44. The van der Waals surface area contributed by atoms with Crippen LogP contribution in [0.2, 0.25) is 5.02 Å². The fraction of sp³-hybridized carbons (Fsp3) is 0.350. The number of carbonyl (C=O) groups is 2. The van der Waals surface area contributed by atoms with E-state index in [4.69, 9.17) is 17.3 Å². The van der Waals surface area contributed by atoms with Crippen LogP contribution in [0.1, 0.15) is 24.0 Å². The number of likely N-dealkylation sites (tertiary alicyclic amines) is 1. The van der Waals surface area contributed by atoms with E-state index in [2.05, 4.69) is 10.3 Å². The average Bonchev–Trinajstić information content (AvgIpc) is 3.17. The highest BCUT2D eigenvalue weighted by Crippen LogP contribution is 2.20. The smallest absolute Gasteiger partial charge is 0.243 e.